The number of aromatic nitrogens is 1. The molecule has 4 rings (SSSR count). The van der Waals surface area contributed by atoms with Crippen LogP contribution in [0.5, 0.6) is 17.2 Å². The van der Waals surface area contributed by atoms with Gasteiger partial charge in [-0.25, -0.2) is 9.79 Å². The van der Waals surface area contributed by atoms with Crippen molar-refractivity contribution in [2.75, 3.05) is 14.2 Å². The van der Waals surface area contributed by atoms with Gasteiger partial charge in [0, 0.05) is 11.1 Å². The Morgan fingerprint density at radius 1 is 1.11 bits per heavy atom. The van der Waals surface area contributed by atoms with Crippen molar-refractivity contribution in [3.63, 3.8) is 0 Å². The predicted molar refractivity (Wildman–Crippen MR) is 138 cm³/mol. The number of thiazole rings is 1. The number of halogens is 2. The van der Waals surface area contributed by atoms with Gasteiger partial charge in [-0.2, -0.15) is 8.78 Å². The van der Waals surface area contributed by atoms with Crippen LogP contribution in [0.2, 0.25) is 0 Å². The minimum Gasteiger partial charge on any atom is -0.497 e. The molecule has 0 saturated heterocycles. The topological polar surface area (TPSA) is 88.4 Å². The van der Waals surface area contributed by atoms with Crippen molar-refractivity contribution >= 4 is 23.4 Å². The second-order valence-corrected chi connectivity index (χ2v) is 9.57. The highest BCUT2D eigenvalue weighted by atomic mass is 32.1. The molecular formula is C27H26F2N2O6S. The second kappa shape index (κ2) is 11.2. The number of para-hydroxylation sites is 1. The number of benzene rings is 2. The highest BCUT2D eigenvalue weighted by Gasteiger charge is 2.35. The van der Waals surface area contributed by atoms with Crippen LogP contribution in [0.3, 0.4) is 0 Å². The van der Waals surface area contributed by atoms with E-state index in [1.807, 2.05) is 0 Å². The molecule has 1 aliphatic rings. The molecule has 0 spiro atoms. The van der Waals surface area contributed by atoms with E-state index in [-0.39, 0.29) is 15.9 Å². The third-order valence-electron chi connectivity index (χ3n) is 5.74. The fourth-order valence-corrected chi connectivity index (χ4v) is 5.19. The number of carbonyl (C=O) groups is 1. The van der Waals surface area contributed by atoms with Gasteiger partial charge in [-0.15, -0.1) is 0 Å². The van der Waals surface area contributed by atoms with E-state index in [1.54, 1.807) is 57.2 Å². The molecular weight excluding hydrogens is 518 g/mol. The van der Waals surface area contributed by atoms with Gasteiger partial charge in [0.15, 0.2) is 4.80 Å². The standard InChI is InChI=1S/C27H26F2N2O6S/c1-14(2)36-25(33)22-15(3)30-27-31(23(22)18-13-17(34-4)10-11-20(18)35-5)24(32)21(38-27)12-16-8-6-7-9-19(16)37-26(28)29/h6-14,23,26H,1-5H3/b21-12-/t23-/m1/s1. The minimum atomic E-state index is -3.02. The van der Waals surface area contributed by atoms with Crippen LogP contribution >= 0.6 is 11.3 Å². The van der Waals surface area contributed by atoms with Crippen LogP contribution in [0.15, 0.2) is 63.5 Å². The lowest BCUT2D eigenvalue weighted by Crippen LogP contribution is -2.40. The number of carbonyl (C=O) groups excluding carboxylic acids is 1. The number of ether oxygens (including phenoxy) is 4. The molecule has 0 bridgehead atoms. The molecule has 1 atom stereocenters. The number of esters is 1. The lowest BCUT2D eigenvalue weighted by molar-refractivity contribution is -0.143. The number of methoxy groups -OCH3 is 2. The van der Waals surface area contributed by atoms with Crippen molar-refractivity contribution < 1.29 is 32.5 Å². The molecule has 11 heteroatoms. The first kappa shape index (κ1) is 27.1. The fraction of sp³-hybridized carbons (Fsp3) is 0.296. The second-order valence-electron chi connectivity index (χ2n) is 8.56. The summed E-state index contributed by atoms with van der Waals surface area (Å²) >= 11 is 1.06. The Bertz CT molecular complexity index is 1570. The summed E-state index contributed by atoms with van der Waals surface area (Å²) < 4.78 is 48.6. The molecule has 1 aromatic heterocycles. The summed E-state index contributed by atoms with van der Waals surface area (Å²) in [7, 11) is 2.99. The molecule has 0 amide bonds. The summed E-state index contributed by atoms with van der Waals surface area (Å²) in [4.78, 5) is 32.0. The first-order valence-corrected chi connectivity index (χ1v) is 12.5. The molecule has 2 aromatic carbocycles. The van der Waals surface area contributed by atoms with Gasteiger partial charge in [-0.3, -0.25) is 9.36 Å². The predicted octanol–water partition coefficient (Wildman–Crippen LogP) is 3.81. The van der Waals surface area contributed by atoms with Gasteiger partial charge in [-0.1, -0.05) is 29.5 Å². The summed E-state index contributed by atoms with van der Waals surface area (Å²) in [5.74, 6) is 0.218. The van der Waals surface area contributed by atoms with Gasteiger partial charge in [0.25, 0.3) is 5.56 Å². The van der Waals surface area contributed by atoms with Gasteiger partial charge in [-0.05, 0) is 51.1 Å². The average Bonchev–Trinajstić information content (AvgIpc) is 3.17. The van der Waals surface area contributed by atoms with E-state index in [0.29, 0.717) is 33.1 Å². The summed E-state index contributed by atoms with van der Waals surface area (Å²) in [6, 6.07) is 10.3. The first-order chi connectivity index (χ1) is 18.1. The molecule has 0 fully saturated rings. The molecule has 0 unspecified atom stereocenters. The summed E-state index contributed by atoms with van der Waals surface area (Å²) in [6.07, 6.45) is 1.05. The maximum absolute atomic E-state index is 13.8. The molecule has 0 saturated carbocycles. The van der Waals surface area contributed by atoms with Crippen LogP contribution in [0, 0.1) is 0 Å². The number of alkyl halides is 2. The Morgan fingerprint density at radius 3 is 2.50 bits per heavy atom. The Hall–Kier alpha value is -3.99. The van der Waals surface area contributed by atoms with Crippen LogP contribution < -0.4 is 29.1 Å². The number of hydrogen-bond acceptors (Lipinski definition) is 8. The maximum atomic E-state index is 13.8. The van der Waals surface area contributed by atoms with Crippen molar-refractivity contribution in [1.29, 1.82) is 0 Å². The van der Waals surface area contributed by atoms with Crippen molar-refractivity contribution in [2.24, 2.45) is 4.99 Å². The lowest BCUT2D eigenvalue weighted by atomic mass is 9.94. The minimum absolute atomic E-state index is 0.0725. The van der Waals surface area contributed by atoms with Crippen LogP contribution in [-0.2, 0) is 9.53 Å². The average molecular weight is 545 g/mol. The van der Waals surface area contributed by atoms with Gasteiger partial charge < -0.3 is 18.9 Å². The van der Waals surface area contributed by atoms with E-state index in [1.165, 1.54) is 30.9 Å². The summed E-state index contributed by atoms with van der Waals surface area (Å²) in [5, 5.41) is 0. The highest BCUT2D eigenvalue weighted by molar-refractivity contribution is 7.07. The molecule has 3 aromatic rings. The number of hydrogen-bond donors (Lipinski definition) is 0. The van der Waals surface area contributed by atoms with Crippen molar-refractivity contribution in [1.82, 2.24) is 4.57 Å². The monoisotopic (exact) mass is 544 g/mol. The van der Waals surface area contributed by atoms with Crippen molar-refractivity contribution in [3.8, 4) is 17.2 Å². The summed E-state index contributed by atoms with van der Waals surface area (Å²) in [6.45, 7) is 2.09. The zero-order valence-corrected chi connectivity index (χ0v) is 22.2. The zero-order chi connectivity index (χ0) is 27.6. The van der Waals surface area contributed by atoms with Crippen LogP contribution in [-0.4, -0.2) is 37.5 Å². The number of fused-ring (bicyclic) bond motifs is 1. The maximum Gasteiger partial charge on any atom is 0.387 e. The number of rotatable bonds is 8. The van der Waals surface area contributed by atoms with E-state index in [4.69, 9.17) is 14.2 Å². The van der Waals surface area contributed by atoms with E-state index >= 15 is 0 Å². The fourth-order valence-electron chi connectivity index (χ4n) is 4.15. The van der Waals surface area contributed by atoms with Crippen LogP contribution in [0.4, 0.5) is 8.78 Å². The molecule has 2 heterocycles. The Kier molecular flexibility index (Phi) is 7.96. The van der Waals surface area contributed by atoms with E-state index in [9.17, 15) is 18.4 Å². The Morgan fingerprint density at radius 2 is 1.84 bits per heavy atom. The van der Waals surface area contributed by atoms with Crippen molar-refractivity contribution in [3.05, 3.63) is 84.5 Å². The third kappa shape index (κ3) is 5.33. The molecule has 38 heavy (non-hydrogen) atoms. The normalized spacial score (nSPS) is 15.4. The van der Waals surface area contributed by atoms with Gasteiger partial charge in [0.05, 0.1) is 36.1 Å². The van der Waals surface area contributed by atoms with Gasteiger partial charge in [0.2, 0.25) is 0 Å². The summed E-state index contributed by atoms with van der Waals surface area (Å²) in [5.41, 5.74) is 0.859. The molecule has 0 radical (unpaired) electrons. The highest BCUT2D eigenvalue weighted by Crippen LogP contribution is 2.38. The third-order valence-corrected chi connectivity index (χ3v) is 6.72. The molecule has 1 aliphatic heterocycles. The Labute approximate surface area is 221 Å². The van der Waals surface area contributed by atoms with Crippen LogP contribution in [0.1, 0.15) is 37.9 Å². The van der Waals surface area contributed by atoms with Crippen molar-refractivity contribution in [2.45, 2.75) is 39.5 Å². The Balaban J connectivity index is 2.00. The van der Waals surface area contributed by atoms with E-state index < -0.39 is 30.3 Å². The van der Waals surface area contributed by atoms with E-state index in [2.05, 4.69) is 9.73 Å². The molecule has 0 aliphatic carbocycles. The number of nitrogens with zero attached hydrogens (tertiary/aromatic N) is 2. The quantitative estimate of drug-likeness (QED) is 0.401. The number of allylic oxidation sites excluding steroid dienone is 1. The smallest absolute Gasteiger partial charge is 0.387 e. The molecule has 8 nitrogen and oxygen atoms in total. The van der Waals surface area contributed by atoms with Gasteiger partial charge in [0.1, 0.15) is 23.3 Å². The zero-order valence-electron chi connectivity index (χ0n) is 21.4. The molecule has 200 valence electrons. The van der Waals surface area contributed by atoms with Gasteiger partial charge >= 0.3 is 12.6 Å². The van der Waals surface area contributed by atoms with Crippen LogP contribution in [0.25, 0.3) is 6.08 Å². The first-order valence-electron chi connectivity index (χ1n) is 11.6. The largest absolute Gasteiger partial charge is 0.497 e. The SMILES string of the molecule is COc1ccc(OC)c([C@@H]2C(C(=O)OC(C)C)=C(C)N=c3s/c(=C\c4ccccc4OC(F)F)c(=O)n32)c1. The molecule has 0 N–H and O–H groups in total. The lowest BCUT2D eigenvalue weighted by Gasteiger charge is -2.26. The van der Waals surface area contributed by atoms with E-state index in [0.717, 1.165) is 11.3 Å².